The minimum absolute atomic E-state index is 0.244. The summed E-state index contributed by atoms with van der Waals surface area (Å²) in [6.45, 7) is 2.70. The molecule has 82 valence electrons. The smallest absolute Gasteiger partial charge is 0.237 e. The van der Waals surface area contributed by atoms with Crippen LogP contribution in [0.2, 0.25) is 0 Å². The maximum absolute atomic E-state index is 11.8. The molecule has 6 heteroatoms. The topological polar surface area (TPSA) is 80.5 Å². The number of hydrogen-bond donors (Lipinski definition) is 1. The summed E-state index contributed by atoms with van der Waals surface area (Å²) in [7, 11) is -3.49. The third-order valence-corrected chi connectivity index (χ3v) is 4.84. The standard InChI is InChI=1S/C8H16N2O3S/c1-2-7(8(9)11)14(12,13)10-5-3-4-6-10/h7H,2-6H2,1H3,(H2,9,11). The van der Waals surface area contributed by atoms with Crippen molar-refractivity contribution in [3.63, 3.8) is 0 Å². The molecule has 1 aliphatic heterocycles. The van der Waals surface area contributed by atoms with E-state index in [1.807, 2.05) is 0 Å². The van der Waals surface area contributed by atoms with Crippen LogP contribution in [0.3, 0.4) is 0 Å². The molecule has 0 aromatic carbocycles. The van der Waals surface area contributed by atoms with Crippen LogP contribution in [-0.4, -0.2) is 37.0 Å². The van der Waals surface area contributed by atoms with Gasteiger partial charge >= 0.3 is 0 Å². The van der Waals surface area contributed by atoms with Gasteiger partial charge in [0.25, 0.3) is 0 Å². The summed E-state index contributed by atoms with van der Waals surface area (Å²) in [6, 6.07) is 0. The summed E-state index contributed by atoms with van der Waals surface area (Å²) in [5, 5.41) is -1.06. The summed E-state index contributed by atoms with van der Waals surface area (Å²) in [5.74, 6) is -0.751. The number of nitrogens with two attached hydrogens (primary N) is 1. The zero-order valence-corrected chi connectivity index (χ0v) is 9.09. The molecule has 1 atom stereocenters. The SMILES string of the molecule is CCC(C(N)=O)S(=O)(=O)N1CCCC1. The van der Waals surface area contributed by atoms with Gasteiger partial charge in [0.2, 0.25) is 15.9 Å². The van der Waals surface area contributed by atoms with E-state index in [9.17, 15) is 13.2 Å². The minimum atomic E-state index is -3.49. The summed E-state index contributed by atoms with van der Waals surface area (Å²) in [4.78, 5) is 11.0. The van der Waals surface area contributed by atoms with E-state index in [1.165, 1.54) is 4.31 Å². The summed E-state index contributed by atoms with van der Waals surface area (Å²) in [5.41, 5.74) is 5.06. The number of carbonyl (C=O) groups is 1. The Morgan fingerprint density at radius 1 is 1.43 bits per heavy atom. The Bertz CT molecular complexity index is 307. The van der Waals surface area contributed by atoms with Gasteiger partial charge in [-0.3, -0.25) is 4.79 Å². The molecular formula is C8H16N2O3S. The van der Waals surface area contributed by atoms with E-state index < -0.39 is 21.2 Å². The first kappa shape index (κ1) is 11.5. The van der Waals surface area contributed by atoms with E-state index in [1.54, 1.807) is 6.92 Å². The molecule has 1 fully saturated rings. The lowest BCUT2D eigenvalue weighted by Gasteiger charge is -2.20. The molecule has 1 aliphatic rings. The molecule has 0 bridgehead atoms. The highest BCUT2D eigenvalue weighted by Crippen LogP contribution is 2.18. The number of amides is 1. The van der Waals surface area contributed by atoms with Gasteiger partial charge in [-0.25, -0.2) is 12.7 Å². The van der Waals surface area contributed by atoms with Crippen LogP contribution in [0.15, 0.2) is 0 Å². The molecule has 0 radical (unpaired) electrons. The Morgan fingerprint density at radius 2 is 1.93 bits per heavy atom. The van der Waals surface area contributed by atoms with Crippen molar-refractivity contribution in [3.05, 3.63) is 0 Å². The first-order valence-electron chi connectivity index (χ1n) is 4.78. The zero-order valence-electron chi connectivity index (χ0n) is 8.27. The summed E-state index contributed by atoms with van der Waals surface area (Å²) in [6.07, 6.45) is 1.98. The first-order chi connectivity index (χ1) is 6.50. The fourth-order valence-electron chi connectivity index (χ4n) is 1.68. The van der Waals surface area contributed by atoms with E-state index in [0.717, 1.165) is 12.8 Å². The molecule has 1 unspecified atom stereocenters. The second-order valence-corrected chi connectivity index (χ2v) is 5.57. The van der Waals surface area contributed by atoms with Crippen LogP contribution in [0.4, 0.5) is 0 Å². The first-order valence-corrected chi connectivity index (χ1v) is 6.28. The second kappa shape index (κ2) is 4.27. The normalized spacial score (nSPS) is 20.9. The highest BCUT2D eigenvalue weighted by Gasteiger charge is 2.35. The molecule has 1 rings (SSSR count). The van der Waals surface area contributed by atoms with Crippen molar-refractivity contribution < 1.29 is 13.2 Å². The fourth-order valence-corrected chi connectivity index (χ4v) is 3.52. The molecule has 0 saturated carbocycles. The van der Waals surface area contributed by atoms with Crippen molar-refractivity contribution in [3.8, 4) is 0 Å². The zero-order chi connectivity index (χ0) is 10.8. The van der Waals surface area contributed by atoms with E-state index in [2.05, 4.69) is 0 Å². The molecule has 1 heterocycles. The number of sulfonamides is 1. The maximum Gasteiger partial charge on any atom is 0.237 e. The molecule has 5 nitrogen and oxygen atoms in total. The molecule has 1 amide bonds. The van der Waals surface area contributed by atoms with E-state index in [-0.39, 0.29) is 6.42 Å². The van der Waals surface area contributed by atoms with Crippen LogP contribution in [-0.2, 0) is 14.8 Å². The number of nitrogens with zero attached hydrogens (tertiary/aromatic N) is 1. The molecule has 2 N–H and O–H groups in total. The van der Waals surface area contributed by atoms with Crippen molar-refractivity contribution in [2.75, 3.05) is 13.1 Å². The summed E-state index contributed by atoms with van der Waals surface area (Å²) >= 11 is 0. The Balaban J connectivity index is 2.86. The third-order valence-electron chi connectivity index (χ3n) is 2.47. The molecule has 14 heavy (non-hydrogen) atoms. The van der Waals surface area contributed by atoms with E-state index >= 15 is 0 Å². The van der Waals surface area contributed by atoms with Gasteiger partial charge in [-0.1, -0.05) is 6.92 Å². The lowest BCUT2D eigenvalue weighted by Crippen LogP contribution is -2.43. The van der Waals surface area contributed by atoms with Crippen LogP contribution >= 0.6 is 0 Å². The number of primary amides is 1. The van der Waals surface area contributed by atoms with Gasteiger partial charge in [0.05, 0.1) is 0 Å². The molecule has 1 saturated heterocycles. The highest BCUT2D eigenvalue weighted by molar-refractivity contribution is 7.90. The minimum Gasteiger partial charge on any atom is -0.369 e. The van der Waals surface area contributed by atoms with Crippen molar-refractivity contribution >= 4 is 15.9 Å². The van der Waals surface area contributed by atoms with Crippen molar-refractivity contribution in [1.82, 2.24) is 4.31 Å². The Labute approximate surface area is 84.3 Å². The molecule has 0 aromatic rings. The second-order valence-electron chi connectivity index (χ2n) is 3.45. The van der Waals surface area contributed by atoms with Gasteiger partial charge < -0.3 is 5.73 Å². The van der Waals surface area contributed by atoms with Crippen LogP contribution < -0.4 is 5.73 Å². The highest BCUT2D eigenvalue weighted by atomic mass is 32.2. The van der Waals surface area contributed by atoms with Crippen LogP contribution in [0.25, 0.3) is 0 Å². The van der Waals surface area contributed by atoms with Gasteiger partial charge in [0, 0.05) is 13.1 Å². The molecule has 0 spiro atoms. The Kier molecular flexibility index (Phi) is 3.49. The Hall–Kier alpha value is -0.620. The van der Waals surface area contributed by atoms with E-state index in [0.29, 0.717) is 13.1 Å². The fraction of sp³-hybridized carbons (Fsp3) is 0.875. The van der Waals surface area contributed by atoms with Gasteiger partial charge in [0.15, 0.2) is 5.25 Å². The lowest BCUT2D eigenvalue weighted by atomic mass is 10.3. The van der Waals surface area contributed by atoms with Crippen LogP contribution in [0.1, 0.15) is 26.2 Å². The number of carbonyl (C=O) groups excluding carboxylic acids is 1. The predicted octanol–water partition coefficient (Wildman–Crippen LogP) is -0.324. The monoisotopic (exact) mass is 220 g/mol. The van der Waals surface area contributed by atoms with Crippen molar-refractivity contribution in [2.45, 2.75) is 31.4 Å². The van der Waals surface area contributed by atoms with Crippen molar-refractivity contribution in [1.29, 1.82) is 0 Å². The molecular weight excluding hydrogens is 204 g/mol. The maximum atomic E-state index is 11.8. The van der Waals surface area contributed by atoms with Gasteiger partial charge in [-0.05, 0) is 19.3 Å². The quantitative estimate of drug-likeness (QED) is 0.704. The summed E-state index contributed by atoms with van der Waals surface area (Å²) < 4.78 is 25.0. The van der Waals surface area contributed by atoms with Gasteiger partial charge in [0.1, 0.15) is 0 Å². The van der Waals surface area contributed by atoms with Gasteiger partial charge in [-0.15, -0.1) is 0 Å². The van der Waals surface area contributed by atoms with Crippen LogP contribution in [0.5, 0.6) is 0 Å². The predicted molar refractivity (Wildman–Crippen MR) is 53.0 cm³/mol. The lowest BCUT2D eigenvalue weighted by molar-refractivity contribution is -0.117. The molecule has 0 aromatic heterocycles. The van der Waals surface area contributed by atoms with Crippen molar-refractivity contribution in [2.24, 2.45) is 5.73 Å². The number of hydrogen-bond acceptors (Lipinski definition) is 3. The Morgan fingerprint density at radius 3 is 2.29 bits per heavy atom. The largest absolute Gasteiger partial charge is 0.369 e. The number of rotatable bonds is 4. The molecule has 0 aliphatic carbocycles. The third kappa shape index (κ3) is 2.06. The average molecular weight is 220 g/mol. The van der Waals surface area contributed by atoms with E-state index in [4.69, 9.17) is 5.73 Å². The average Bonchev–Trinajstić information content (AvgIpc) is 2.55. The van der Waals surface area contributed by atoms with Crippen LogP contribution in [0, 0.1) is 0 Å². The van der Waals surface area contributed by atoms with Gasteiger partial charge in [-0.2, -0.15) is 0 Å².